The molecule has 6 nitrogen and oxygen atoms in total. The van der Waals surface area contributed by atoms with Gasteiger partial charge in [0.15, 0.2) is 0 Å². The molecule has 0 atom stereocenters. The van der Waals surface area contributed by atoms with Crippen molar-refractivity contribution in [2.24, 2.45) is 0 Å². The van der Waals surface area contributed by atoms with Gasteiger partial charge in [-0.05, 0) is 25.6 Å². The molecule has 0 aromatic carbocycles. The molecule has 1 aromatic heterocycles. The van der Waals surface area contributed by atoms with Crippen LogP contribution >= 0.6 is 0 Å². The van der Waals surface area contributed by atoms with Crippen molar-refractivity contribution in [1.29, 1.82) is 0 Å². The van der Waals surface area contributed by atoms with Gasteiger partial charge in [0.05, 0.1) is 12.2 Å². The minimum Gasteiger partial charge on any atom is -0.490 e. The Morgan fingerprint density at radius 2 is 2.35 bits per heavy atom. The Morgan fingerprint density at radius 1 is 1.50 bits per heavy atom. The van der Waals surface area contributed by atoms with Crippen LogP contribution in [0.1, 0.15) is 18.3 Å². The van der Waals surface area contributed by atoms with Gasteiger partial charge in [0, 0.05) is 25.3 Å². The predicted octanol–water partition coefficient (Wildman–Crippen LogP) is 0.904. The van der Waals surface area contributed by atoms with E-state index in [1.165, 1.54) is 0 Å². The van der Waals surface area contributed by atoms with E-state index < -0.39 is 0 Å². The second-order valence-corrected chi connectivity index (χ2v) is 4.75. The van der Waals surface area contributed by atoms with Crippen molar-refractivity contribution < 1.29 is 9.53 Å². The number of hydrogen-bond acceptors (Lipinski definition) is 4. The molecule has 1 aromatic rings. The van der Waals surface area contributed by atoms with Crippen LogP contribution in [0.3, 0.4) is 0 Å². The van der Waals surface area contributed by atoms with E-state index >= 15 is 0 Å². The highest BCUT2D eigenvalue weighted by Crippen LogP contribution is 2.17. The van der Waals surface area contributed by atoms with Crippen LogP contribution in [0, 0.1) is 6.92 Å². The monoisotopic (exact) mass is 278 g/mol. The molecule has 0 unspecified atom stereocenters. The molecule has 1 fully saturated rings. The number of ether oxygens (including phenoxy) is 1. The molecule has 1 aliphatic heterocycles. The van der Waals surface area contributed by atoms with E-state index in [1.54, 1.807) is 4.90 Å². The van der Waals surface area contributed by atoms with Crippen molar-refractivity contribution in [3.05, 3.63) is 23.5 Å². The van der Waals surface area contributed by atoms with Gasteiger partial charge in [-0.2, -0.15) is 0 Å². The molecule has 20 heavy (non-hydrogen) atoms. The van der Waals surface area contributed by atoms with Gasteiger partial charge in [0.1, 0.15) is 12.4 Å². The van der Waals surface area contributed by atoms with Gasteiger partial charge in [-0.1, -0.05) is 6.92 Å². The number of nitrogens with one attached hydrogen (secondary N) is 2. The normalized spacial score (nSPS) is 14.5. The molecule has 2 heterocycles. The van der Waals surface area contributed by atoms with Crippen LogP contribution in [0.15, 0.2) is 12.1 Å². The van der Waals surface area contributed by atoms with E-state index in [1.807, 2.05) is 19.1 Å². The summed E-state index contributed by atoms with van der Waals surface area (Å²) in [5.74, 6) is 0.788. The van der Waals surface area contributed by atoms with Crippen LogP contribution in [0.25, 0.3) is 0 Å². The topological polar surface area (TPSA) is 66.5 Å². The summed E-state index contributed by atoms with van der Waals surface area (Å²) in [7, 11) is 0. The highest BCUT2D eigenvalue weighted by Gasteiger charge is 2.18. The first-order valence-corrected chi connectivity index (χ1v) is 7.03. The minimum absolute atomic E-state index is 0.0106. The molecule has 0 radical (unpaired) electrons. The van der Waals surface area contributed by atoms with Gasteiger partial charge in [0.2, 0.25) is 0 Å². The molecule has 0 aliphatic carbocycles. The van der Waals surface area contributed by atoms with Gasteiger partial charge in [-0.15, -0.1) is 0 Å². The first-order valence-electron chi connectivity index (χ1n) is 7.03. The van der Waals surface area contributed by atoms with Gasteiger partial charge in [-0.3, -0.25) is 4.98 Å². The number of aryl methyl sites for hydroxylation is 1. The Bertz CT molecular complexity index is 464. The highest BCUT2D eigenvalue weighted by atomic mass is 16.5. The van der Waals surface area contributed by atoms with Crippen LogP contribution in [-0.2, 0) is 6.54 Å². The number of carbonyl (C=O) groups is 1. The molecule has 2 amide bonds. The zero-order valence-corrected chi connectivity index (χ0v) is 12.1. The molecule has 6 heteroatoms. The summed E-state index contributed by atoms with van der Waals surface area (Å²) in [4.78, 5) is 17.7. The third-order valence-corrected chi connectivity index (χ3v) is 3.18. The molecule has 2 N–H and O–H groups in total. The lowest BCUT2D eigenvalue weighted by atomic mass is 10.3. The smallest absolute Gasteiger partial charge is 0.317 e. The number of hydrogen-bond donors (Lipinski definition) is 2. The Kier molecular flexibility index (Phi) is 5.17. The van der Waals surface area contributed by atoms with E-state index in [9.17, 15) is 4.79 Å². The first-order chi connectivity index (χ1) is 9.70. The van der Waals surface area contributed by atoms with Crippen molar-refractivity contribution in [3.63, 3.8) is 0 Å². The van der Waals surface area contributed by atoms with Crippen molar-refractivity contribution in [2.75, 3.05) is 32.8 Å². The minimum atomic E-state index is -0.0106. The van der Waals surface area contributed by atoms with E-state index in [0.717, 1.165) is 36.8 Å². The summed E-state index contributed by atoms with van der Waals surface area (Å²) in [6.07, 6.45) is 0. The molecule has 1 saturated heterocycles. The van der Waals surface area contributed by atoms with Crippen LogP contribution in [0.5, 0.6) is 5.75 Å². The number of amides is 2. The van der Waals surface area contributed by atoms with Gasteiger partial charge in [-0.25, -0.2) is 4.79 Å². The Balaban J connectivity index is 1.89. The molecule has 110 valence electrons. The van der Waals surface area contributed by atoms with Crippen LogP contribution < -0.4 is 15.4 Å². The predicted molar refractivity (Wildman–Crippen MR) is 76.8 cm³/mol. The third kappa shape index (κ3) is 3.84. The van der Waals surface area contributed by atoms with Crippen molar-refractivity contribution in [3.8, 4) is 5.75 Å². The third-order valence-electron chi connectivity index (χ3n) is 3.18. The molecule has 0 bridgehead atoms. The summed E-state index contributed by atoms with van der Waals surface area (Å²) >= 11 is 0. The zero-order chi connectivity index (χ0) is 14.4. The Hall–Kier alpha value is -1.82. The van der Waals surface area contributed by atoms with Crippen LogP contribution in [0.2, 0.25) is 0 Å². The molecular weight excluding hydrogens is 256 g/mol. The fourth-order valence-corrected chi connectivity index (χ4v) is 2.09. The summed E-state index contributed by atoms with van der Waals surface area (Å²) < 4.78 is 5.78. The van der Waals surface area contributed by atoms with E-state index in [-0.39, 0.29) is 6.03 Å². The number of urea groups is 1. The maximum atomic E-state index is 11.4. The fourth-order valence-electron chi connectivity index (χ4n) is 2.09. The number of rotatable bonds is 7. The van der Waals surface area contributed by atoms with E-state index in [2.05, 4.69) is 22.5 Å². The summed E-state index contributed by atoms with van der Waals surface area (Å²) in [6.45, 7) is 8.16. The lowest BCUT2D eigenvalue weighted by Crippen LogP contribution is -2.32. The molecule has 2 rings (SSSR count). The SMILES string of the molecule is CCNCc1nc(C)ccc1OCCN1CCNC1=O. The molecule has 0 saturated carbocycles. The number of aromatic nitrogens is 1. The summed E-state index contributed by atoms with van der Waals surface area (Å²) in [5, 5.41) is 6.03. The maximum absolute atomic E-state index is 11.4. The largest absolute Gasteiger partial charge is 0.490 e. The van der Waals surface area contributed by atoms with Gasteiger partial charge in [0.25, 0.3) is 0 Å². The van der Waals surface area contributed by atoms with Gasteiger partial charge >= 0.3 is 6.03 Å². The lowest BCUT2D eigenvalue weighted by Gasteiger charge is -2.16. The standard InChI is InChI=1S/C14H22N4O2/c1-3-15-10-12-13(5-4-11(2)17-12)20-9-8-18-7-6-16-14(18)19/h4-5,15H,3,6-10H2,1-2H3,(H,16,19). The first kappa shape index (κ1) is 14.6. The van der Waals surface area contributed by atoms with Crippen LogP contribution in [-0.4, -0.2) is 48.7 Å². The summed E-state index contributed by atoms with van der Waals surface area (Å²) in [6, 6.07) is 3.87. The van der Waals surface area contributed by atoms with Crippen molar-refractivity contribution >= 4 is 6.03 Å². The number of pyridine rings is 1. The van der Waals surface area contributed by atoms with Gasteiger partial charge < -0.3 is 20.3 Å². The second kappa shape index (κ2) is 7.09. The number of nitrogens with zero attached hydrogens (tertiary/aromatic N) is 2. The zero-order valence-electron chi connectivity index (χ0n) is 12.1. The van der Waals surface area contributed by atoms with Crippen molar-refractivity contribution in [2.45, 2.75) is 20.4 Å². The molecule has 1 aliphatic rings. The fraction of sp³-hybridized carbons (Fsp3) is 0.571. The quantitative estimate of drug-likeness (QED) is 0.778. The summed E-state index contributed by atoms with van der Waals surface area (Å²) in [5.41, 5.74) is 1.89. The molecular formula is C14H22N4O2. The van der Waals surface area contributed by atoms with Crippen molar-refractivity contribution in [1.82, 2.24) is 20.5 Å². The Morgan fingerprint density at radius 3 is 3.05 bits per heavy atom. The van der Waals surface area contributed by atoms with Crippen LogP contribution in [0.4, 0.5) is 4.79 Å². The Labute approximate surface area is 119 Å². The molecule has 0 spiro atoms. The average Bonchev–Trinajstić information content (AvgIpc) is 2.84. The number of carbonyl (C=O) groups excluding carboxylic acids is 1. The van der Waals surface area contributed by atoms with E-state index in [0.29, 0.717) is 19.7 Å². The highest BCUT2D eigenvalue weighted by molar-refractivity contribution is 5.76. The lowest BCUT2D eigenvalue weighted by molar-refractivity contribution is 0.202. The van der Waals surface area contributed by atoms with E-state index in [4.69, 9.17) is 4.74 Å². The second-order valence-electron chi connectivity index (χ2n) is 4.75. The average molecular weight is 278 g/mol. The maximum Gasteiger partial charge on any atom is 0.317 e.